The van der Waals surface area contributed by atoms with Gasteiger partial charge in [0.2, 0.25) is 10.0 Å². The van der Waals surface area contributed by atoms with E-state index in [0.717, 1.165) is 11.4 Å². The second-order valence-corrected chi connectivity index (χ2v) is 8.08. The van der Waals surface area contributed by atoms with Crippen molar-refractivity contribution >= 4 is 16.0 Å². The molecule has 7 nitrogen and oxygen atoms in total. The van der Waals surface area contributed by atoms with E-state index in [4.69, 9.17) is 4.74 Å². The van der Waals surface area contributed by atoms with Crippen LogP contribution in [0, 0.1) is 19.8 Å². The zero-order valence-corrected chi connectivity index (χ0v) is 16.3. The van der Waals surface area contributed by atoms with Gasteiger partial charge in [0, 0.05) is 18.8 Å². The molecule has 0 spiro atoms. The fraction of sp³-hybridized carbons (Fsp3) is 0.444. The molecular formula is C18H25N3O4S. The predicted molar refractivity (Wildman–Crippen MR) is 98.5 cm³/mol. The number of aromatic nitrogens is 2. The average molecular weight is 379 g/mol. The summed E-state index contributed by atoms with van der Waals surface area (Å²) < 4.78 is 34.2. The second kappa shape index (κ2) is 8.46. The third-order valence-corrected chi connectivity index (χ3v) is 5.33. The van der Waals surface area contributed by atoms with E-state index in [1.54, 1.807) is 6.92 Å². The summed E-state index contributed by atoms with van der Waals surface area (Å²) in [5.74, 6) is -0.399. The first-order chi connectivity index (χ1) is 12.2. The van der Waals surface area contributed by atoms with Crippen molar-refractivity contribution < 1.29 is 17.9 Å². The topological polar surface area (TPSA) is 90.3 Å². The molecule has 1 heterocycles. The number of esters is 1. The van der Waals surface area contributed by atoms with Crippen LogP contribution in [0.25, 0.3) is 0 Å². The number of ether oxygens (including phenoxy) is 1. The van der Waals surface area contributed by atoms with Crippen LogP contribution in [0.15, 0.2) is 35.2 Å². The van der Waals surface area contributed by atoms with Crippen LogP contribution >= 0.6 is 0 Å². The monoisotopic (exact) mass is 379 g/mol. The molecule has 1 atom stereocenters. The maximum atomic E-state index is 12.4. The summed E-state index contributed by atoms with van der Waals surface area (Å²) in [5, 5.41) is 4.39. The van der Waals surface area contributed by atoms with Crippen molar-refractivity contribution in [1.82, 2.24) is 14.5 Å². The first-order valence-electron chi connectivity index (χ1n) is 8.51. The number of carbonyl (C=O) groups is 1. The van der Waals surface area contributed by atoms with Crippen LogP contribution in [-0.4, -0.2) is 37.3 Å². The Hall–Kier alpha value is -2.19. The third-order valence-electron chi connectivity index (χ3n) is 3.89. The van der Waals surface area contributed by atoms with Crippen LogP contribution < -0.4 is 4.72 Å². The van der Waals surface area contributed by atoms with Crippen LogP contribution in [0.3, 0.4) is 0 Å². The van der Waals surface area contributed by atoms with E-state index in [0.29, 0.717) is 18.7 Å². The molecule has 0 aliphatic heterocycles. The molecule has 0 saturated heterocycles. The van der Waals surface area contributed by atoms with Crippen molar-refractivity contribution in [2.24, 2.45) is 5.92 Å². The van der Waals surface area contributed by atoms with Crippen molar-refractivity contribution in [3.8, 4) is 0 Å². The zero-order chi connectivity index (χ0) is 19.3. The Labute approximate surface area is 154 Å². The number of rotatable bonds is 8. The Bertz CT molecular complexity index is 857. The highest BCUT2D eigenvalue weighted by molar-refractivity contribution is 7.89. The van der Waals surface area contributed by atoms with Gasteiger partial charge in [-0.3, -0.25) is 4.68 Å². The molecule has 0 radical (unpaired) electrons. The zero-order valence-electron chi connectivity index (χ0n) is 15.5. The fourth-order valence-electron chi connectivity index (χ4n) is 2.54. The molecule has 8 heteroatoms. The maximum Gasteiger partial charge on any atom is 0.338 e. The summed E-state index contributed by atoms with van der Waals surface area (Å²) in [7, 11) is -3.64. The number of benzene rings is 1. The first-order valence-corrected chi connectivity index (χ1v) is 9.99. The molecular weight excluding hydrogens is 354 g/mol. The van der Waals surface area contributed by atoms with Crippen LogP contribution in [0.4, 0.5) is 0 Å². The number of aryl methyl sites for hydroxylation is 2. The molecule has 26 heavy (non-hydrogen) atoms. The fourth-order valence-corrected chi connectivity index (χ4v) is 3.70. The lowest BCUT2D eigenvalue weighted by Crippen LogP contribution is -2.30. The van der Waals surface area contributed by atoms with Gasteiger partial charge in [-0.05, 0) is 57.0 Å². The molecule has 0 fully saturated rings. The van der Waals surface area contributed by atoms with E-state index in [1.807, 2.05) is 31.5 Å². The van der Waals surface area contributed by atoms with E-state index >= 15 is 0 Å². The Balaban J connectivity index is 1.97. The van der Waals surface area contributed by atoms with Crippen molar-refractivity contribution in [3.63, 3.8) is 0 Å². The second-order valence-electron chi connectivity index (χ2n) is 6.31. The van der Waals surface area contributed by atoms with Gasteiger partial charge in [0.15, 0.2) is 0 Å². The number of hydrogen-bond donors (Lipinski definition) is 1. The summed E-state index contributed by atoms with van der Waals surface area (Å²) in [4.78, 5) is 11.7. The lowest BCUT2D eigenvalue weighted by atomic mass is 10.2. The van der Waals surface area contributed by atoms with Crippen LogP contribution in [0.1, 0.15) is 35.6 Å². The maximum absolute atomic E-state index is 12.4. The Morgan fingerprint density at radius 1 is 1.27 bits per heavy atom. The summed E-state index contributed by atoms with van der Waals surface area (Å²) in [6, 6.07) is 7.69. The molecule has 1 unspecified atom stereocenters. The Kier molecular flexibility index (Phi) is 6.55. The minimum Gasteiger partial charge on any atom is -0.462 e. The number of sulfonamides is 1. The molecule has 0 aliphatic rings. The largest absolute Gasteiger partial charge is 0.462 e. The molecule has 1 aromatic carbocycles. The highest BCUT2D eigenvalue weighted by Crippen LogP contribution is 2.12. The molecule has 2 rings (SSSR count). The summed E-state index contributed by atoms with van der Waals surface area (Å²) in [6.07, 6.45) is 0. The number of hydrogen-bond acceptors (Lipinski definition) is 5. The Morgan fingerprint density at radius 3 is 2.46 bits per heavy atom. The van der Waals surface area contributed by atoms with E-state index < -0.39 is 16.0 Å². The van der Waals surface area contributed by atoms with Crippen molar-refractivity contribution in [2.45, 2.75) is 39.1 Å². The molecule has 0 bridgehead atoms. The van der Waals surface area contributed by atoms with E-state index in [9.17, 15) is 13.2 Å². The van der Waals surface area contributed by atoms with Gasteiger partial charge in [-0.2, -0.15) is 5.10 Å². The van der Waals surface area contributed by atoms with Crippen LogP contribution in [0.5, 0.6) is 0 Å². The molecule has 0 amide bonds. The molecule has 2 aromatic rings. The quantitative estimate of drug-likeness (QED) is 0.711. The predicted octanol–water partition coefficient (Wildman–Crippen LogP) is 2.29. The molecule has 142 valence electrons. The number of nitrogens with one attached hydrogen (secondary N) is 1. The van der Waals surface area contributed by atoms with E-state index in [-0.39, 0.29) is 17.4 Å². The van der Waals surface area contributed by atoms with Gasteiger partial charge in [-0.15, -0.1) is 0 Å². The van der Waals surface area contributed by atoms with Crippen molar-refractivity contribution in [3.05, 3.63) is 47.3 Å². The van der Waals surface area contributed by atoms with Gasteiger partial charge in [0.05, 0.1) is 22.8 Å². The summed E-state index contributed by atoms with van der Waals surface area (Å²) in [6.45, 7) is 8.77. The van der Waals surface area contributed by atoms with Gasteiger partial charge >= 0.3 is 5.97 Å². The normalized spacial score (nSPS) is 12.8. The van der Waals surface area contributed by atoms with Gasteiger partial charge in [0.1, 0.15) is 0 Å². The highest BCUT2D eigenvalue weighted by Gasteiger charge is 2.17. The third kappa shape index (κ3) is 5.15. The van der Waals surface area contributed by atoms with Gasteiger partial charge in [-0.1, -0.05) is 6.92 Å². The molecule has 1 aromatic heterocycles. The standard InChI is InChI=1S/C18H25N3O4S/c1-5-25-18(22)16-6-8-17(9-7-16)26(23,24)19-11-13(2)12-21-15(4)10-14(3)20-21/h6-10,13,19H,5,11-12H2,1-4H3. The van der Waals surface area contributed by atoms with Crippen LogP contribution in [-0.2, 0) is 21.3 Å². The van der Waals surface area contributed by atoms with Gasteiger partial charge in [0.25, 0.3) is 0 Å². The average Bonchev–Trinajstić information content (AvgIpc) is 2.90. The highest BCUT2D eigenvalue weighted by atomic mass is 32.2. The minimum atomic E-state index is -3.64. The van der Waals surface area contributed by atoms with Gasteiger partial charge in [-0.25, -0.2) is 17.9 Å². The molecule has 0 saturated carbocycles. The minimum absolute atomic E-state index is 0.0709. The lowest BCUT2D eigenvalue weighted by Gasteiger charge is -2.14. The summed E-state index contributed by atoms with van der Waals surface area (Å²) >= 11 is 0. The van der Waals surface area contributed by atoms with E-state index in [1.165, 1.54) is 24.3 Å². The lowest BCUT2D eigenvalue weighted by molar-refractivity contribution is 0.0526. The SMILES string of the molecule is CCOC(=O)c1ccc(S(=O)(=O)NCC(C)Cn2nc(C)cc2C)cc1. The Morgan fingerprint density at radius 2 is 1.92 bits per heavy atom. The number of carbonyl (C=O) groups excluding carboxylic acids is 1. The van der Waals surface area contributed by atoms with Crippen molar-refractivity contribution in [2.75, 3.05) is 13.2 Å². The molecule has 1 N–H and O–H groups in total. The van der Waals surface area contributed by atoms with Crippen molar-refractivity contribution in [1.29, 1.82) is 0 Å². The van der Waals surface area contributed by atoms with Gasteiger partial charge < -0.3 is 4.74 Å². The van der Waals surface area contributed by atoms with E-state index in [2.05, 4.69) is 9.82 Å². The number of nitrogens with zero attached hydrogens (tertiary/aromatic N) is 2. The smallest absolute Gasteiger partial charge is 0.338 e. The first kappa shape index (κ1) is 20.1. The molecule has 0 aliphatic carbocycles. The summed E-state index contributed by atoms with van der Waals surface area (Å²) in [5.41, 5.74) is 2.31. The van der Waals surface area contributed by atoms with Crippen LogP contribution in [0.2, 0.25) is 0 Å².